The lowest BCUT2D eigenvalue weighted by Gasteiger charge is -2.13. The number of amides is 1. The molecular weight excluding hydrogens is 404 g/mol. The number of hydrazone groups is 1. The molecule has 0 radical (unpaired) electrons. The van der Waals surface area contributed by atoms with Crippen LogP contribution in [0.4, 0.5) is 0 Å². The van der Waals surface area contributed by atoms with Gasteiger partial charge in [-0.2, -0.15) is 5.10 Å². The molecule has 7 heteroatoms. The van der Waals surface area contributed by atoms with Gasteiger partial charge in [0.1, 0.15) is 11.5 Å². The minimum atomic E-state index is -0.558. The summed E-state index contributed by atoms with van der Waals surface area (Å²) < 4.78 is 11.2. The molecule has 0 saturated heterocycles. The van der Waals surface area contributed by atoms with E-state index in [0.29, 0.717) is 46.2 Å². The Morgan fingerprint density at radius 3 is 2.53 bits per heavy atom. The summed E-state index contributed by atoms with van der Waals surface area (Å²) in [7, 11) is 0. The number of benzene rings is 2. The van der Waals surface area contributed by atoms with Crippen molar-refractivity contribution in [1.29, 1.82) is 0 Å². The van der Waals surface area contributed by atoms with Gasteiger partial charge in [-0.1, -0.05) is 29.8 Å². The van der Waals surface area contributed by atoms with E-state index in [-0.39, 0.29) is 11.7 Å². The minimum absolute atomic E-state index is 0.155. The Labute approximate surface area is 178 Å². The summed E-state index contributed by atoms with van der Waals surface area (Å²) in [4.78, 5) is 25.0. The third-order valence-electron chi connectivity index (χ3n) is 4.86. The SMILES string of the molecule is Cc1c(C(=O)Oc2ccccc2)oc2c1/C(=N/NC(=O)c1ccc(Cl)cc1)CCC2. The summed E-state index contributed by atoms with van der Waals surface area (Å²) >= 11 is 5.86. The first-order chi connectivity index (χ1) is 14.5. The summed E-state index contributed by atoms with van der Waals surface area (Å²) in [5.74, 6) is 0.384. The van der Waals surface area contributed by atoms with Crippen LogP contribution in [0.3, 0.4) is 0 Å². The van der Waals surface area contributed by atoms with Crippen molar-refractivity contribution in [3.8, 4) is 5.75 Å². The molecular formula is C23H19ClN2O4. The maximum Gasteiger partial charge on any atom is 0.379 e. The molecule has 0 fully saturated rings. The van der Waals surface area contributed by atoms with E-state index in [4.69, 9.17) is 20.8 Å². The van der Waals surface area contributed by atoms with Gasteiger partial charge in [0.2, 0.25) is 5.76 Å². The van der Waals surface area contributed by atoms with E-state index in [1.54, 1.807) is 55.5 Å². The van der Waals surface area contributed by atoms with Crippen molar-refractivity contribution in [3.05, 3.63) is 87.8 Å². The molecule has 0 spiro atoms. The van der Waals surface area contributed by atoms with Crippen LogP contribution in [0.15, 0.2) is 64.1 Å². The molecule has 30 heavy (non-hydrogen) atoms. The second kappa shape index (κ2) is 8.55. The van der Waals surface area contributed by atoms with Crippen LogP contribution in [0, 0.1) is 6.92 Å². The number of esters is 1. The average molecular weight is 423 g/mol. The molecule has 1 heterocycles. The number of ether oxygens (including phenoxy) is 1. The summed E-state index contributed by atoms with van der Waals surface area (Å²) in [5, 5.41) is 4.87. The average Bonchev–Trinajstić information content (AvgIpc) is 3.10. The Balaban J connectivity index is 1.56. The quantitative estimate of drug-likeness (QED) is 0.367. The molecule has 1 aliphatic rings. The van der Waals surface area contributed by atoms with Gasteiger partial charge in [-0.25, -0.2) is 10.2 Å². The van der Waals surface area contributed by atoms with Crippen molar-refractivity contribution in [1.82, 2.24) is 5.43 Å². The fraction of sp³-hybridized carbons (Fsp3) is 0.174. The number of para-hydroxylation sites is 1. The number of nitrogens with one attached hydrogen (secondary N) is 1. The second-order valence-corrected chi connectivity index (χ2v) is 7.35. The van der Waals surface area contributed by atoms with Crippen molar-refractivity contribution in [2.24, 2.45) is 5.10 Å². The van der Waals surface area contributed by atoms with E-state index in [1.165, 1.54) is 0 Å². The predicted octanol–water partition coefficient (Wildman–Crippen LogP) is 4.93. The van der Waals surface area contributed by atoms with Gasteiger partial charge in [-0.15, -0.1) is 0 Å². The standard InChI is InChI=1S/C23H19ClN2O4/c1-14-20-18(25-26-22(27)15-10-12-16(24)13-11-15)8-5-9-19(20)30-21(14)23(28)29-17-6-3-2-4-7-17/h2-4,6-7,10-13H,5,8-9H2,1H3,(H,26,27)/b25-18+. The Hall–Kier alpha value is -3.38. The van der Waals surface area contributed by atoms with E-state index >= 15 is 0 Å². The summed E-state index contributed by atoms with van der Waals surface area (Å²) in [6.45, 7) is 1.80. The lowest BCUT2D eigenvalue weighted by molar-refractivity contribution is 0.0698. The van der Waals surface area contributed by atoms with Crippen LogP contribution in [0.25, 0.3) is 0 Å². The maximum absolute atomic E-state index is 12.6. The van der Waals surface area contributed by atoms with E-state index in [1.807, 2.05) is 6.07 Å². The molecule has 1 aliphatic carbocycles. The number of hydrogen-bond acceptors (Lipinski definition) is 5. The summed E-state index contributed by atoms with van der Waals surface area (Å²) in [6, 6.07) is 15.4. The number of furan rings is 1. The minimum Gasteiger partial charge on any atom is -0.453 e. The fourth-order valence-corrected chi connectivity index (χ4v) is 3.53. The zero-order valence-corrected chi connectivity index (χ0v) is 17.0. The van der Waals surface area contributed by atoms with E-state index in [2.05, 4.69) is 10.5 Å². The van der Waals surface area contributed by atoms with Crippen LogP contribution in [0.2, 0.25) is 5.02 Å². The van der Waals surface area contributed by atoms with Crippen molar-refractivity contribution in [2.45, 2.75) is 26.2 Å². The van der Waals surface area contributed by atoms with E-state index < -0.39 is 5.97 Å². The molecule has 0 atom stereocenters. The van der Waals surface area contributed by atoms with E-state index in [9.17, 15) is 9.59 Å². The van der Waals surface area contributed by atoms with Gasteiger partial charge >= 0.3 is 5.97 Å². The first-order valence-electron chi connectivity index (χ1n) is 9.55. The molecule has 3 aromatic rings. The zero-order chi connectivity index (χ0) is 21.1. The van der Waals surface area contributed by atoms with Crippen molar-refractivity contribution in [3.63, 3.8) is 0 Å². The number of rotatable bonds is 4. The van der Waals surface area contributed by atoms with Gasteiger partial charge in [-0.05, 0) is 56.2 Å². The van der Waals surface area contributed by atoms with Crippen molar-refractivity contribution in [2.75, 3.05) is 0 Å². The van der Waals surface area contributed by atoms with Crippen molar-refractivity contribution >= 4 is 29.2 Å². The van der Waals surface area contributed by atoms with Gasteiger partial charge in [0, 0.05) is 28.1 Å². The van der Waals surface area contributed by atoms with Gasteiger partial charge < -0.3 is 9.15 Å². The lowest BCUT2D eigenvalue weighted by atomic mass is 9.93. The smallest absolute Gasteiger partial charge is 0.379 e. The van der Waals surface area contributed by atoms with Crippen LogP contribution in [0.1, 0.15) is 50.6 Å². The molecule has 0 aliphatic heterocycles. The maximum atomic E-state index is 12.6. The monoisotopic (exact) mass is 422 g/mol. The number of carbonyl (C=O) groups excluding carboxylic acids is 2. The van der Waals surface area contributed by atoms with Crippen LogP contribution in [0.5, 0.6) is 5.75 Å². The normalized spacial score (nSPS) is 14.3. The Kier molecular flexibility index (Phi) is 5.68. The van der Waals surface area contributed by atoms with Gasteiger partial charge in [-0.3, -0.25) is 4.79 Å². The molecule has 1 N–H and O–H groups in total. The number of carbonyl (C=O) groups is 2. The second-order valence-electron chi connectivity index (χ2n) is 6.92. The highest BCUT2D eigenvalue weighted by Gasteiger charge is 2.29. The zero-order valence-electron chi connectivity index (χ0n) is 16.3. The van der Waals surface area contributed by atoms with Crippen LogP contribution in [-0.4, -0.2) is 17.6 Å². The lowest BCUT2D eigenvalue weighted by Crippen LogP contribution is -2.22. The molecule has 1 amide bonds. The van der Waals surface area contributed by atoms with Crippen LogP contribution in [-0.2, 0) is 6.42 Å². The highest BCUT2D eigenvalue weighted by atomic mass is 35.5. The number of aryl methyl sites for hydroxylation is 1. The number of fused-ring (bicyclic) bond motifs is 1. The molecule has 1 aromatic heterocycles. The molecule has 0 saturated carbocycles. The van der Waals surface area contributed by atoms with Crippen LogP contribution < -0.4 is 10.2 Å². The summed E-state index contributed by atoms with van der Waals surface area (Å²) in [5.41, 5.74) is 5.14. The topological polar surface area (TPSA) is 80.9 Å². The molecule has 152 valence electrons. The van der Waals surface area contributed by atoms with Gasteiger partial charge in [0.05, 0.1) is 5.71 Å². The number of nitrogens with zero attached hydrogens (tertiary/aromatic N) is 1. The van der Waals surface area contributed by atoms with E-state index in [0.717, 1.165) is 12.0 Å². The molecule has 0 bridgehead atoms. The highest BCUT2D eigenvalue weighted by Crippen LogP contribution is 2.30. The van der Waals surface area contributed by atoms with Gasteiger partial charge in [0.25, 0.3) is 5.91 Å². The van der Waals surface area contributed by atoms with Crippen LogP contribution >= 0.6 is 11.6 Å². The van der Waals surface area contributed by atoms with Gasteiger partial charge in [0.15, 0.2) is 0 Å². The first-order valence-corrected chi connectivity index (χ1v) is 9.93. The third-order valence-corrected chi connectivity index (χ3v) is 5.12. The summed E-state index contributed by atoms with van der Waals surface area (Å²) in [6.07, 6.45) is 2.17. The highest BCUT2D eigenvalue weighted by molar-refractivity contribution is 6.30. The molecule has 0 unspecified atom stereocenters. The number of halogens is 1. The Morgan fingerprint density at radius 2 is 1.80 bits per heavy atom. The molecule has 4 rings (SSSR count). The fourth-order valence-electron chi connectivity index (χ4n) is 3.40. The molecule has 6 nitrogen and oxygen atoms in total. The van der Waals surface area contributed by atoms with Crippen molar-refractivity contribution < 1.29 is 18.7 Å². The third kappa shape index (κ3) is 4.14. The largest absolute Gasteiger partial charge is 0.453 e. The first kappa shape index (κ1) is 19.9. The molecule has 2 aromatic carbocycles. The Morgan fingerprint density at radius 1 is 1.07 bits per heavy atom. The Bertz CT molecular complexity index is 1120. The number of hydrogen-bond donors (Lipinski definition) is 1. The predicted molar refractivity (Wildman–Crippen MR) is 113 cm³/mol.